The first-order chi connectivity index (χ1) is 17.9. The van der Waals surface area contributed by atoms with Gasteiger partial charge in [-0.25, -0.2) is 27.1 Å². The Labute approximate surface area is 236 Å². The predicted octanol–water partition coefficient (Wildman–Crippen LogP) is 4.05. The predicted molar refractivity (Wildman–Crippen MR) is 151 cm³/mol. The van der Waals surface area contributed by atoms with Crippen LogP contribution in [0.4, 0.5) is 0 Å². The zero-order valence-corrected chi connectivity index (χ0v) is 24.6. The number of hydrogen-bond donors (Lipinski definition) is 2. The number of fused-ring (bicyclic) bond motifs is 2. The van der Waals surface area contributed by atoms with Gasteiger partial charge in [-0.15, -0.1) is 0 Å². The molecule has 8 nitrogen and oxygen atoms in total. The lowest BCUT2D eigenvalue weighted by atomic mass is 9.99. The Morgan fingerprint density at radius 3 is 1.37 bits per heavy atom. The fourth-order valence-corrected chi connectivity index (χ4v) is 7.85. The van der Waals surface area contributed by atoms with Crippen molar-refractivity contribution in [3.8, 4) is 0 Å². The normalized spacial score (nSPS) is 16.8. The minimum Gasteiger partial charge on any atom is -0.299 e. The minimum absolute atomic E-state index is 0.00452. The molecule has 2 aromatic rings. The van der Waals surface area contributed by atoms with E-state index in [2.05, 4.69) is 9.80 Å². The van der Waals surface area contributed by atoms with Gasteiger partial charge < -0.3 is 0 Å². The van der Waals surface area contributed by atoms with Gasteiger partial charge in [0.05, 0.1) is 10.0 Å². The number of halogens is 2. The first-order valence-corrected chi connectivity index (χ1v) is 16.9. The standard InChI is InChI=1S/C26H36Cl2N4O4S2/c27-25-21-17-31(15-11-19(21)7-9-23(25)37(29,33)34)13-5-3-1-2-4-6-14-32-16-12-20-8-10-24(38(30,35)36)26(28)22(20)18-32/h7-10H,1-6,11-18H2,(H2,29,33,34)(H2,30,35,36). The molecule has 210 valence electrons. The second kappa shape index (κ2) is 12.5. The number of nitrogens with zero attached hydrogens (tertiary/aromatic N) is 2. The molecule has 2 aromatic carbocycles. The van der Waals surface area contributed by atoms with Gasteiger partial charge in [-0.2, -0.15) is 0 Å². The van der Waals surface area contributed by atoms with Gasteiger partial charge in [-0.05, 0) is 73.2 Å². The van der Waals surface area contributed by atoms with Gasteiger partial charge in [0.2, 0.25) is 20.0 Å². The van der Waals surface area contributed by atoms with Crippen molar-refractivity contribution in [3.05, 3.63) is 56.6 Å². The molecule has 2 aliphatic rings. The second-order valence-electron chi connectivity index (χ2n) is 10.3. The maximum atomic E-state index is 11.8. The third kappa shape index (κ3) is 7.28. The van der Waals surface area contributed by atoms with Gasteiger partial charge in [0.1, 0.15) is 9.79 Å². The van der Waals surface area contributed by atoms with E-state index < -0.39 is 20.0 Å². The summed E-state index contributed by atoms with van der Waals surface area (Å²) >= 11 is 12.8. The van der Waals surface area contributed by atoms with Crippen LogP contribution in [0.5, 0.6) is 0 Å². The summed E-state index contributed by atoms with van der Waals surface area (Å²) in [7, 11) is -7.66. The largest absolute Gasteiger partial charge is 0.299 e. The van der Waals surface area contributed by atoms with Gasteiger partial charge >= 0.3 is 0 Å². The lowest BCUT2D eigenvalue weighted by Gasteiger charge is -2.30. The van der Waals surface area contributed by atoms with E-state index in [4.69, 9.17) is 33.5 Å². The van der Waals surface area contributed by atoms with Crippen LogP contribution in [0.25, 0.3) is 0 Å². The molecular weight excluding hydrogens is 567 g/mol. The van der Waals surface area contributed by atoms with Crippen LogP contribution < -0.4 is 10.3 Å². The highest BCUT2D eigenvalue weighted by Crippen LogP contribution is 2.33. The number of primary sulfonamides is 2. The van der Waals surface area contributed by atoms with Gasteiger partial charge in [0, 0.05) is 26.2 Å². The van der Waals surface area contributed by atoms with Gasteiger partial charge in [-0.3, -0.25) is 9.80 Å². The van der Waals surface area contributed by atoms with Crippen molar-refractivity contribution in [1.82, 2.24) is 9.80 Å². The summed E-state index contributed by atoms with van der Waals surface area (Å²) in [5.74, 6) is 0. The van der Waals surface area contributed by atoms with E-state index in [1.165, 1.54) is 25.0 Å². The molecule has 0 atom stereocenters. The zero-order chi connectivity index (χ0) is 27.5. The van der Waals surface area contributed by atoms with Gasteiger partial charge in [0.15, 0.2) is 0 Å². The molecule has 0 amide bonds. The average molecular weight is 604 g/mol. The summed E-state index contributed by atoms with van der Waals surface area (Å²) in [6.45, 7) is 5.12. The van der Waals surface area contributed by atoms with E-state index in [-0.39, 0.29) is 19.8 Å². The maximum Gasteiger partial charge on any atom is 0.239 e. The number of unbranched alkanes of at least 4 members (excludes halogenated alkanes) is 5. The third-order valence-electron chi connectivity index (χ3n) is 7.58. The van der Waals surface area contributed by atoms with E-state index in [1.54, 1.807) is 0 Å². The Morgan fingerprint density at radius 1 is 0.632 bits per heavy atom. The van der Waals surface area contributed by atoms with Crippen molar-refractivity contribution in [3.63, 3.8) is 0 Å². The molecule has 2 heterocycles. The Balaban J connectivity index is 1.14. The number of nitrogens with two attached hydrogens (primary N) is 2. The summed E-state index contributed by atoms with van der Waals surface area (Å²) in [5.41, 5.74) is 3.96. The van der Waals surface area contributed by atoms with Crippen molar-refractivity contribution < 1.29 is 16.8 Å². The first kappa shape index (κ1) is 29.7. The lowest BCUT2D eigenvalue weighted by molar-refractivity contribution is 0.244. The Kier molecular flexibility index (Phi) is 9.79. The molecule has 0 saturated carbocycles. The second-order valence-corrected chi connectivity index (χ2v) is 14.1. The van der Waals surface area contributed by atoms with Crippen LogP contribution in [0.15, 0.2) is 34.1 Å². The summed E-state index contributed by atoms with van der Waals surface area (Å²) in [4.78, 5) is 4.68. The fraction of sp³-hybridized carbons (Fsp3) is 0.538. The van der Waals surface area contributed by atoms with Crippen LogP contribution in [0, 0.1) is 0 Å². The molecule has 0 spiro atoms. The summed E-state index contributed by atoms with van der Waals surface area (Å²) in [6.07, 6.45) is 8.55. The van der Waals surface area contributed by atoms with Crippen LogP contribution >= 0.6 is 23.2 Å². The quantitative estimate of drug-likeness (QED) is 0.374. The number of hydrogen-bond acceptors (Lipinski definition) is 6. The molecule has 0 fully saturated rings. The molecule has 12 heteroatoms. The summed E-state index contributed by atoms with van der Waals surface area (Å²) < 4.78 is 47.1. The lowest BCUT2D eigenvalue weighted by Crippen LogP contribution is -2.32. The Bertz CT molecular complexity index is 1280. The van der Waals surface area contributed by atoms with Crippen LogP contribution in [0.3, 0.4) is 0 Å². The highest BCUT2D eigenvalue weighted by Gasteiger charge is 2.25. The number of rotatable bonds is 11. The van der Waals surface area contributed by atoms with Crippen LogP contribution in [0.1, 0.15) is 60.8 Å². The SMILES string of the molecule is NS(=O)(=O)c1ccc2c(c1Cl)CN(CCCCCCCCN1CCc3ccc(S(N)(=O)=O)c(Cl)c3C1)CC2. The van der Waals surface area contributed by atoms with Crippen molar-refractivity contribution in [1.29, 1.82) is 0 Å². The first-order valence-electron chi connectivity index (χ1n) is 13.1. The Morgan fingerprint density at radius 2 is 1.00 bits per heavy atom. The van der Waals surface area contributed by atoms with Crippen LogP contribution in [0.2, 0.25) is 10.0 Å². The Hall–Kier alpha value is -1.24. The van der Waals surface area contributed by atoms with Crippen molar-refractivity contribution in [2.45, 2.75) is 74.2 Å². The highest BCUT2D eigenvalue weighted by atomic mass is 35.5. The molecule has 0 aromatic heterocycles. The summed E-state index contributed by atoms with van der Waals surface area (Å²) in [6, 6.07) is 6.68. The van der Waals surface area contributed by atoms with Crippen molar-refractivity contribution in [2.75, 3.05) is 26.2 Å². The van der Waals surface area contributed by atoms with Crippen molar-refractivity contribution in [2.24, 2.45) is 10.3 Å². The molecule has 38 heavy (non-hydrogen) atoms. The molecule has 0 radical (unpaired) electrons. The molecular formula is C26H36Cl2N4O4S2. The zero-order valence-electron chi connectivity index (χ0n) is 21.5. The van der Waals surface area contributed by atoms with Crippen LogP contribution in [-0.2, 0) is 46.0 Å². The number of benzene rings is 2. The summed E-state index contributed by atoms with van der Waals surface area (Å²) in [5, 5.41) is 11.1. The monoisotopic (exact) mass is 602 g/mol. The topological polar surface area (TPSA) is 127 Å². The molecule has 4 rings (SSSR count). The maximum absolute atomic E-state index is 11.8. The van der Waals surface area contributed by atoms with Crippen molar-refractivity contribution >= 4 is 43.2 Å². The van der Waals surface area contributed by atoms with E-state index in [0.29, 0.717) is 13.1 Å². The molecule has 0 aliphatic carbocycles. The molecule has 0 unspecified atom stereocenters. The average Bonchev–Trinajstić information content (AvgIpc) is 2.85. The van der Waals surface area contributed by atoms with E-state index in [9.17, 15) is 16.8 Å². The minimum atomic E-state index is -3.83. The molecule has 4 N–H and O–H groups in total. The van der Waals surface area contributed by atoms with E-state index >= 15 is 0 Å². The smallest absolute Gasteiger partial charge is 0.239 e. The highest BCUT2D eigenvalue weighted by molar-refractivity contribution is 7.89. The molecule has 0 saturated heterocycles. The number of sulfonamides is 2. The fourth-order valence-electron chi connectivity index (χ4n) is 5.45. The molecule has 2 aliphatic heterocycles. The van der Waals surface area contributed by atoms with E-state index in [1.807, 2.05) is 12.1 Å². The van der Waals surface area contributed by atoms with Gasteiger partial charge in [-0.1, -0.05) is 61.0 Å². The van der Waals surface area contributed by atoms with Crippen LogP contribution in [-0.4, -0.2) is 52.8 Å². The molecule has 0 bridgehead atoms. The third-order valence-corrected chi connectivity index (χ3v) is 10.6. The van der Waals surface area contributed by atoms with E-state index in [0.717, 1.165) is 87.0 Å². The van der Waals surface area contributed by atoms with Gasteiger partial charge in [0.25, 0.3) is 0 Å².